The van der Waals surface area contributed by atoms with E-state index in [1.807, 2.05) is 0 Å². The summed E-state index contributed by atoms with van der Waals surface area (Å²) in [7, 11) is 0. The van der Waals surface area contributed by atoms with Crippen LogP contribution in [0.4, 0.5) is 0 Å². The van der Waals surface area contributed by atoms with Crippen LogP contribution < -0.4 is 0 Å². The summed E-state index contributed by atoms with van der Waals surface area (Å²) in [6, 6.07) is 0. The Labute approximate surface area is 165 Å². The number of carbonyl (C=O) groups excluding carboxylic acids is 4. The zero-order valence-electron chi connectivity index (χ0n) is 16.4. The lowest BCUT2D eigenvalue weighted by Crippen LogP contribution is -2.87. The SMILES string of the molecule is CC(=O)C(O)[C@H]1OC(OCC(O)CO)[C@@](O)(C(C)=O)[C@](O)(C(C)=O)[C@@]1(O)C(C)=O. The standard InChI is InChI=1S/C17H26O12/c1-7(19)12(24)13-15(25,8(2)20)17(27,10(4)22)16(26,9(3)21)14(29-13)28-6-11(23)5-18/h11-14,18,23-27H,5-6H2,1-4H3/t11?,12?,13-,14?,15-,16+,17+/m1/s1. The molecule has 0 amide bonds. The van der Waals surface area contributed by atoms with Gasteiger partial charge in [0.25, 0.3) is 0 Å². The Morgan fingerprint density at radius 1 is 0.931 bits per heavy atom. The van der Waals surface area contributed by atoms with Gasteiger partial charge >= 0.3 is 0 Å². The van der Waals surface area contributed by atoms with Crippen molar-refractivity contribution in [3.8, 4) is 0 Å². The summed E-state index contributed by atoms with van der Waals surface area (Å²) in [5, 5.41) is 61.7. The number of rotatable bonds is 9. The van der Waals surface area contributed by atoms with Crippen LogP contribution in [-0.2, 0) is 28.7 Å². The van der Waals surface area contributed by atoms with Crippen molar-refractivity contribution in [1.29, 1.82) is 0 Å². The first kappa shape index (κ1) is 25.4. The number of hydrogen-bond acceptors (Lipinski definition) is 12. The van der Waals surface area contributed by atoms with E-state index < -0.39 is 77.8 Å². The molecule has 0 aromatic carbocycles. The van der Waals surface area contributed by atoms with E-state index in [-0.39, 0.29) is 0 Å². The van der Waals surface area contributed by atoms with Gasteiger partial charge in [-0.1, -0.05) is 0 Å². The van der Waals surface area contributed by atoms with Crippen molar-refractivity contribution < 1.29 is 59.3 Å². The van der Waals surface area contributed by atoms with Crippen LogP contribution >= 0.6 is 0 Å². The summed E-state index contributed by atoms with van der Waals surface area (Å²) in [4.78, 5) is 48.7. The van der Waals surface area contributed by atoms with E-state index in [0.29, 0.717) is 20.8 Å². The minimum Gasteiger partial charge on any atom is -0.394 e. The minimum absolute atomic E-state index is 0.657. The van der Waals surface area contributed by atoms with E-state index >= 15 is 0 Å². The van der Waals surface area contributed by atoms with Crippen LogP contribution in [0.1, 0.15) is 27.7 Å². The smallest absolute Gasteiger partial charge is 0.213 e. The third kappa shape index (κ3) is 3.66. The quantitative estimate of drug-likeness (QED) is 0.210. The second-order valence-corrected chi connectivity index (χ2v) is 7.03. The van der Waals surface area contributed by atoms with Crippen LogP contribution in [0.3, 0.4) is 0 Å². The van der Waals surface area contributed by atoms with E-state index in [9.17, 15) is 44.7 Å². The van der Waals surface area contributed by atoms with Gasteiger partial charge < -0.3 is 40.1 Å². The lowest BCUT2D eigenvalue weighted by Gasteiger charge is -2.58. The zero-order valence-corrected chi connectivity index (χ0v) is 16.4. The van der Waals surface area contributed by atoms with E-state index in [0.717, 1.165) is 6.92 Å². The maximum Gasteiger partial charge on any atom is 0.213 e. The number of ether oxygens (including phenoxy) is 2. The monoisotopic (exact) mass is 422 g/mol. The highest BCUT2D eigenvalue weighted by atomic mass is 16.7. The molecule has 0 radical (unpaired) electrons. The van der Waals surface area contributed by atoms with Gasteiger partial charge in [-0.25, -0.2) is 0 Å². The third-order valence-corrected chi connectivity index (χ3v) is 5.06. The zero-order chi connectivity index (χ0) is 22.9. The Bertz CT molecular complexity index is 692. The fourth-order valence-corrected chi connectivity index (χ4v) is 3.34. The number of aliphatic hydroxyl groups is 6. The van der Waals surface area contributed by atoms with Crippen molar-refractivity contribution >= 4 is 23.1 Å². The summed E-state index contributed by atoms with van der Waals surface area (Å²) in [6.45, 7) is 1.32. The van der Waals surface area contributed by atoms with Gasteiger partial charge in [0.15, 0.2) is 35.0 Å². The van der Waals surface area contributed by atoms with E-state index in [2.05, 4.69) is 0 Å². The van der Waals surface area contributed by atoms with Gasteiger partial charge in [-0.2, -0.15) is 0 Å². The largest absolute Gasteiger partial charge is 0.394 e. The summed E-state index contributed by atoms with van der Waals surface area (Å²) >= 11 is 0. The Morgan fingerprint density at radius 2 is 1.41 bits per heavy atom. The van der Waals surface area contributed by atoms with Crippen LogP contribution in [0.2, 0.25) is 0 Å². The fraction of sp³-hybridized carbons (Fsp3) is 0.765. The van der Waals surface area contributed by atoms with Gasteiger partial charge in [-0.15, -0.1) is 0 Å². The number of aliphatic hydroxyl groups excluding tert-OH is 3. The second kappa shape index (κ2) is 8.62. The van der Waals surface area contributed by atoms with Gasteiger partial charge in [0.05, 0.1) is 13.2 Å². The number of ketones is 4. The second-order valence-electron chi connectivity index (χ2n) is 7.03. The molecule has 1 aliphatic heterocycles. The van der Waals surface area contributed by atoms with Crippen LogP contribution in [0.25, 0.3) is 0 Å². The van der Waals surface area contributed by atoms with Gasteiger partial charge in [0.1, 0.15) is 18.3 Å². The normalized spacial score (nSPS) is 36.9. The Kier molecular flexibility index (Phi) is 7.54. The molecule has 0 aliphatic carbocycles. The summed E-state index contributed by atoms with van der Waals surface area (Å²) < 4.78 is 10.2. The molecule has 0 aromatic heterocycles. The number of hydrogen-bond donors (Lipinski definition) is 6. The van der Waals surface area contributed by atoms with Crippen molar-refractivity contribution in [2.75, 3.05) is 13.2 Å². The molecule has 12 heteroatoms. The highest BCUT2D eigenvalue weighted by molar-refractivity contribution is 6.05. The number of carbonyl (C=O) groups is 4. The van der Waals surface area contributed by atoms with Crippen molar-refractivity contribution in [2.45, 2.75) is 69.1 Å². The van der Waals surface area contributed by atoms with Gasteiger partial charge in [0, 0.05) is 0 Å². The van der Waals surface area contributed by atoms with Crippen LogP contribution in [0, 0.1) is 0 Å². The first-order valence-corrected chi connectivity index (χ1v) is 8.58. The topological polar surface area (TPSA) is 208 Å². The average Bonchev–Trinajstić information content (AvgIpc) is 2.63. The molecule has 0 bridgehead atoms. The molecule has 7 atom stereocenters. The molecular formula is C17H26O12. The lowest BCUT2D eigenvalue weighted by molar-refractivity contribution is -0.374. The van der Waals surface area contributed by atoms with E-state index in [1.54, 1.807) is 0 Å². The molecule has 1 fully saturated rings. The highest BCUT2D eigenvalue weighted by Gasteiger charge is 2.79. The van der Waals surface area contributed by atoms with Crippen LogP contribution in [0.15, 0.2) is 0 Å². The van der Waals surface area contributed by atoms with Gasteiger partial charge in [-0.3, -0.25) is 19.2 Å². The predicted molar refractivity (Wildman–Crippen MR) is 91.3 cm³/mol. The molecule has 1 rings (SSSR count). The third-order valence-electron chi connectivity index (χ3n) is 5.06. The number of Topliss-reactive ketones (excluding diaryl/α,β-unsaturated/α-hetero) is 4. The lowest BCUT2D eigenvalue weighted by atomic mass is 9.60. The van der Waals surface area contributed by atoms with E-state index in [1.165, 1.54) is 0 Å². The Balaban J connectivity index is 3.80. The molecule has 166 valence electrons. The molecule has 3 unspecified atom stereocenters. The maximum atomic E-state index is 12.4. The first-order valence-electron chi connectivity index (χ1n) is 8.58. The molecule has 0 aromatic rings. The molecule has 1 heterocycles. The van der Waals surface area contributed by atoms with Crippen molar-refractivity contribution in [2.24, 2.45) is 0 Å². The predicted octanol–water partition coefficient (Wildman–Crippen LogP) is -4.01. The van der Waals surface area contributed by atoms with Crippen molar-refractivity contribution in [3.63, 3.8) is 0 Å². The Hall–Kier alpha value is -1.64. The van der Waals surface area contributed by atoms with Gasteiger partial charge in [0.2, 0.25) is 11.2 Å². The fourth-order valence-electron chi connectivity index (χ4n) is 3.34. The molecule has 0 spiro atoms. The minimum atomic E-state index is -3.61. The molecule has 1 saturated heterocycles. The molecule has 0 saturated carbocycles. The molecule has 6 N–H and O–H groups in total. The van der Waals surface area contributed by atoms with E-state index in [4.69, 9.17) is 14.6 Å². The maximum absolute atomic E-state index is 12.4. The van der Waals surface area contributed by atoms with Crippen molar-refractivity contribution in [1.82, 2.24) is 0 Å². The summed E-state index contributed by atoms with van der Waals surface area (Å²) in [6.07, 6.45) is -8.47. The van der Waals surface area contributed by atoms with Gasteiger partial charge in [-0.05, 0) is 27.7 Å². The van der Waals surface area contributed by atoms with Crippen LogP contribution in [0.5, 0.6) is 0 Å². The average molecular weight is 422 g/mol. The molecule has 1 aliphatic rings. The molecule has 29 heavy (non-hydrogen) atoms. The summed E-state index contributed by atoms with van der Waals surface area (Å²) in [5.74, 6) is -5.26. The highest BCUT2D eigenvalue weighted by Crippen LogP contribution is 2.47. The molecule has 12 nitrogen and oxygen atoms in total. The Morgan fingerprint density at radius 3 is 1.76 bits per heavy atom. The van der Waals surface area contributed by atoms with Crippen LogP contribution in [-0.4, -0.2) is 108 Å². The summed E-state index contributed by atoms with van der Waals surface area (Å²) in [5.41, 5.74) is -10.4. The molecular weight excluding hydrogens is 396 g/mol. The first-order chi connectivity index (χ1) is 13.1. The van der Waals surface area contributed by atoms with Crippen molar-refractivity contribution in [3.05, 3.63) is 0 Å².